The van der Waals surface area contributed by atoms with E-state index in [2.05, 4.69) is 43.3 Å². The Kier molecular flexibility index (Phi) is 3.97. The van der Waals surface area contributed by atoms with E-state index in [1.807, 2.05) is 6.20 Å². The summed E-state index contributed by atoms with van der Waals surface area (Å²) in [5.41, 5.74) is 1.12. The molecule has 0 aromatic carbocycles. The molecule has 1 N–H and O–H groups in total. The lowest BCUT2D eigenvalue weighted by Crippen LogP contribution is -2.27. The van der Waals surface area contributed by atoms with Crippen LogP contribution in [0.2, 0.25) is 0 Å². The third-order valence-corrected chi connectivity index (χ3v) is 4.38. The Labute approximate surface area is 117 Å². The van der Waals surface area contributed by atoms with Crippen molar-refractivity contribution in [1.29, 1.82) is 0 Å². The number of pyridine rings is 1. The fraction of sp³-hybridized carbons (Fsp3) is 0.643. The highest BCUT2D eigenvalue weighted by Gasteiger charge is 2.33. The molecule has 3 rings (SSSR count). The SMILES string of the molecule is Brc1ccc(CNCC2CCN(C3CC3)C2)nc1. The van der Waals surface area contributed by atoms with Crippen LogP contribution in [0, 0.1) is 5.92 Å². The third kappa shape index (κ3) is 3.31. The van der Waals surface area contributed by atoms with Gasteiger partial charge in [-0.1, -0.05) is 0 Å². The molecule has 2 aliphatic rings. The third-order valence-electron chi connectivity index (χ3n) is 3.91. The molecule has 3 nitrogen and oxygen atoms in total. The minimum atomic E-state index is 0.834. The Morgan fingerprint density at radius 1 is 1.33 bits per heavy atom. The lowest BCUT2D eigenvalue weighted by Gasteiger charge is -2.15. The molecular weight excluding hydrogens is 290 g/mol. The molecule has 0 bridgehead atoms. The predicted octanol–water partition coefficient (Wildman–Crippen LogP) is 2.42. The molecule has 0 spiro atoms. The highest BCUT2D eigenvalue weighted by molar-refractivity contribution is 9.10. The largest absolute Gasteiger partial charge is 0.311 e. The van der Waals surface area contributed by atoms with Crippen molar-refractivity contribution >= 4 is 15.9 Å². The van der Waals surface area contributed by atoms with Crippen LogP contribution in [0.25, 0.3) is 0 Å². The van der Waals surface area contributed by atoms with Gasteiger partial charge in [0, 0.05) is 29.8 Å². The van der Waals surface area contributed by atoms with E-state index < -0.39 is 0 Å². The fourth-order valence-corrected chi connectivity index (χ4v) is 2.95. The molecule has 98 valence electrons. The zero-order chi connectivity index (χ0) is 12.4. The number of hydrogen-bond acceptors (Lipinski definition) is 3. The van der Waals surface area contributed by atoms with Gasteiger partial charge in [-0.2, -0.15) is 0 Å². The normalized spacial score (nSPS) is 24.6. The van der Waals surface area contributed by atoms with Crippen LogP contribution in [-0.4, -0.2) is 35.6 Å². The maximum atomic E-state index is 4.38. The van der Waals surface area contributed by atoms with Crippen LogP contribution in [0.15, 0.2) is 22.8 Å². The van der Waals surface area contributed by atoms with Gasteiger partial charge in [0.15, 0.2) is 0 Å². The second-order valence-corrected chi connectivity index (χ2v) is 6.40. The van der Waals surface area contributed by atoms with Crippen molar-refractivity contribution < 1.29 is 0 Å². The van der Waals surface area contributed by atoms with Crippen LogP contribution in [0.1, 0.15) is 25.0 Å². The van der Waals surface area contributed by atoms with E-state index in [-0.39, 0.29) is 0 Å². The van der Waals surface area contributed by atoms with Crippen molar-refractivity contribution in [1.82, 2.24) is 15.2 Å². The summed E-state index contributed by atoms with van der Waals surface area (Å²) in [6, 6.07) is 5.06. The summed E-state index contributed by atoms with van der Waals surface area (Å²) in [4.78, 5) is 7.05. The molecule has 18 heavy (non-hydrogen) atoms. The van der Waals surface area contributed by atoms with Gasteiger partial charge in [-0.15, -0.1) is 0 Å². The van der Waals surface area contributed by atoms with Crippen molar-refractivity contribution in [3.63, 3.8) is 0 Å². The standard InChI is InChI=1S/C14H20BrN3/c15-12-1-2-13(17-8-12)9-16-7-11-5-6-18(10-11)14-3-4-14/h1-2,8,11,14,16H,3-7,9-10H2. The van der Waals surface area contributed by atoms with Crippen molar-refractivity contribution in [2.45, 2.75) is 31.8 Å². The molecule has 1 aliphatic heterocycles. The number of aromatic nitrogens is 1. The zero-order valence-electron chi connectivity index (χ0n) is 10.6. The lowest BCUT2D eigenvalue weighted by molar-refractivity contribution is 0.311. The number of likely N-dealkylation sites (tertiary alicyclic amines) is 1. The summed E-state index contributed by atoms with van der Waals surface area (Å²) in [6.45, 7) is 4.62. The van der Waals surface area contributed by atoms with Gasteiger partial charge in [0.1, 0.15) is 0 Å². The molecule has 1 saturated carbocycles. The molecule has 1 atom stereocenters. The van der Waals surface area contributed by atoms with Gasteiger partial charge in [0.2, 0.25) is 0 Å². The van der Waals surface area contributed by atoms with E-state index in [1.165, 1.54) is 32.4 Å². The molecule has 4 heteroatoms. The summed E-state index contributed by atoms with van der Waals surface area (Å²) in [6.07, 6.45) is 6.09. The van der Waals surface area contributed by atoms with Crippen LogP contribution >= 0.6 is 15.9 Å². The summed E-state index contributed by atoms with van der Waals surface area (Å²) < 4.78 is 1.04. The van der Waals surface area contributed by atoms with Gasteiger partial charge in [0.25, 0.3) is 0 Å². The number of hydrogen-bond donors (Lipinski definition) is 1. The summed E-state index contributed by atoms with van der Waals surface area (Å²) in [7, 11) is 0. The molecule has 1 unspecified atom stereocenters. The maximum Gasteiger partial charge on any atom is 0.0542 e. The maximum absolute atomic E-state index is 4.38. The minimum Gasteiger partial charge on any atom is -0.311 e. The summed E-state index contributed by atoms with van der Waals surface area (Å²) in [5, 5.41) is 3.54. The molecular formula is C14H20BrN3. The van der Waals surface area contributed by atoms with Crippen LogP contribution in [0.3, 0.4) is 0 Å². The first-order valence-electron chi connectivity index (χ1n) is 6.86. The van der Waals surface area contributed by atoms with E-state index in [0.29, 0.717) is 0 Å². The van der Waals surface area contributed by atoms with Crippen molar-refractivity contribution in [2.24, 2.45) is 5.92 Å². The van der Waals surface area contributed by atoms with Crippen LogP contribution in [-0.2, 0) is 6.54 Å². The Balaban J connectivity index is 1.38. The fourth-order valence-electron chi connectivity index (χ4n) is 2.72. The molecule has 2 fully saturated rings. The molecule has 1 aromatic heterocycles. The minimum absolute atomic E-state index is 0.834. The first kappa shape index (κ1) is 12.6. The van der Waals surface area contributed by atoms with Crippen LogP contribution < -0.4 is 5.32 Å². The highest BCUT2D eigenvalue weighted by atomic mass is 79.9. The van der Waals surface area contributed by atoms with Crippen molar-refractivity contribution in [3.05, 3.63) is 28.5 Å². The molecule has 1 saturated heterocycles. The Morgan fingerprint density at radius 3 is 2.94 bits per heavy atom. The highest BCUT2D eigenvalue weighted by Crippen LogP contribution is 2.31. The van der Waals surface area contributed by atoms with Gasteiger partial charge < -0.3 is 10.2 Å². The summed E-state index contributed by atoms with van der Waals surface area (Å²) in [5.74, 6) is 0.834. The number of rotatable bonds is 5. The van der Waals surface area contributed by atoms with Crippen molar-refractivity contribution in [2.75, 3.05) is 19.6 Å². The molecule has 0 radical (unpaired) electrons. The molecule has 1 aromatic rings. The van der Waals surface area contributed by atoms with Gasteiger partial charge in [0.05, 0.1) is 5.69 Å². The van der Waals surface area contributed by atoms with E-state index in [0.717, 1.165) is 35.2 Å². The molecule has 1 aliphatic carbocycles. The Bertz CT molecular complexity index is 389. The predicted molar refractivity (Wildman–Crippen MR) is 76.3 cm³/mol. The van der Waals surface area contributed by atoms with Gasteiger partial charge >= 0.3 is 0 Å². The first-order chi connectivity index (χ1) is 8.81. The van der Waals surface area contributed by atoms with Crippen LogP contribution in [0.5, 0.6) is 0 Å². The second kappa shape index (κ2) is 5.68. The monoisotopic (exact) mass is 309 g/mol. The zero-order valence-corrected chi connectivity index (χ0v) is 12.2. The van der Waals surface area contributed by atoms with Crippen LogP contribution in [0.4, 0.5) is 0 Å². The number of nitrogens with one attached hydrogen (secondary N) is 1. The van der Waals surface area contributed by atoms with E-state index in [4.69, 9.17) is 0 Å². The van der Waals surface area contributed by atoms with E-state index in [1.54, 1.807) is 0 Å². The van der Waals surface area contributed by atoms with Gasteiger partial charge in [-0.3, -0.25) is 4.98 Å². The molecule has 2 heterocycles. The quantitative estimate of drug-likeness (QED) is 0.905. The van der Waals surface area contributed by atoms with E-state index >= 15 is 0 Å². The van der Waals surface area contributed by atoms with Gasteiger partial charge in [-0.25, -0.2) is 0 Å². The Morgan fingerprint density at radius 2 is 2.22 bits per heavy atom. The second-order valence-electron chi connectivity index (χ2n) is 5.48. The lowest BCUT2D eigenvalue weighted by atomic mass is 10.1. The first-order valence-corrected chi connectivity index (χ1v) is 7.66. The smallest absolute Gasteiger partial charge is 0.0542 e. The van der Waals surface area contributed by atoms with E-state index in [9.17, 15) is 0 Å². The average molecular weight is 310 g/mol. The topological polar surface area (TPSA) is 28.2 Å². The number of nitrogens with zero attached hydrogens (tertiary/aromatic N) is 2. The Hall–Kier alpha value is -0.450. The molecule has 0 amide bonds. The average Bonchev–Trinajstić information content (AvgIpc) is 3.12. The summed E-state index contributed by atoms with van der Waals surface area (Å²) >= 11 is 3.41. The van der Waals surface area contributed by atoms with Gasteiger partial charge in [-0.05, 0) is 66.3 Å². The number of halogens is 1. The van der Waals surface area contributed by atoms with Crippen molar-refractivity contribution in [3.8, 4) is 0 Å².